The quantitative estimate of drug-likeness (QED) is 0.208. The van der Waals surface area contributed by atoms with E-state index >= 15 is 0 Å². The highest BCUT2D eigenvalue weighted by molar-refractivity contribution is 5.75. The van der Waals surface area contributed by atoms with Gasteiger partial charge in [0.2, 0.25) is 0 Å². The Hall–Kier alpha value is -1.31. The first-order valence-corrected chi connectivity index (χ1v) is 13.0. The molecule has 168 valence electrons. The average Bonchev–Trinajstić information content (AvgIpc) is 2.78. The molecule has 0 aliphatic heterocycles. The predicted molar refractivity (Wildman–Crippen MR) is 126 cm³/mol. The molecule has 0 amide bonds. The van der Waals surface area contributed by atoms with E-state index in [0.717, 1.165) is 37.0 Å². The van der Waals surface area contributed by atoms with Crippen LogP contribution in [0.4, 0.5) is 0 Å². The molecular weight excluding hydrogens is 368 g/mol. The van der Waals surface area contributed by atoms with Crippen LogP contribution in [0.25, 0.3) is 0 Å². The lowest BCUT2D eigenvalue weighted by molar-refractivity contribution is -0.141. The van der Waals surface area contributed by atoms with Crippen molar-refractivity contribution < 1.29 is 9.53 Å². The summed E-state index contributed by atoms with van der Waals surface area (Å²) < 4.78 is 5.76. The molecule has 0 spiro atoms. The Labute approximate surface area is 185 Å². The van der Waals surface area contributed by atoms with Crippen molar-refractivity contribution in [3.63, 3.8) is 0 Å². The Balaban J connectivity index is 1.39. The summed E-state index contributed by atoms with van der Waals surface area (Å²) in [6, 6.07) is 8.16. The first-order valence-electron chi connectivity index (χ1n) is 13.0. The third kappa shape index (κ3) is 7.13. The summed E-state index contributed by atoms with van der Waals surface area (Å²) in [6.45, 7) is 4.50. The summed E-state index contributed by atoms with van der Waals surface area (Å²) in [5, 5.41) is 0. The molecule has 0 aromatic heterocycles. The molecule has 2 unspecified atom stereocenters. The van der Waals surface area contributed by atoms with E-state index in [9.17, 15) is 4.79 Å². The smallest absolute Gasteiger partial charge is 0.314 e. The average molecular weight is 413 g/mol. The Morgan fingerprint density at radius 2 is 1.53 bits per heavy atom. The highest BCUT2D eigenvalue weighted by atomic mass is 16.5. The minimum atomic E-state index is 0.00723. The molecule has 2 heteroatoms. The van der Waals surface area contributed by atoms with Crippen LogP contribution < -0.4 is 4.74 Å². The molecule has 0 radical (unpaired) electrons. The fourth-order valence-corrected chi connectivity index (χ4v) is 5.80. The molecule has 2 nitrogen and oxygen atoms in total. The fraction of sp³-hybridized carbons (Fsp3) is 0.750. The number of benzene rings is 1. The Kier molecular flexibility index (Phi) is 9.75. The van der Waals surface area contributed by atoms with Crippen LogP contribution in [0.1, 0.15) is 109 Å². The van der Waals surface area contributed by atoms with Gasteiger partial charge in [0, 0.05) is 0 Å². The summed E-state index contributed by atoms with van der Waals surface area (Å²) in [6.07, 6.45) is 19.4. The topological polar surface area (TPSA) is 26.3 Å². The number of aryl methyl sites for hydroxylation is 1. The van der Waals surface area contributed by atoms with E-state index in [2.05, 4.69) is 26.0 Å². The van der Waals surface area contributed by atoms with Gasteiger partial charge in [0.25, 0.3) is 0 Å². The lowest BCUT2D eigenvalue weighted by Crippen LogP contribution is -2.35. The van der Waals surface area contributed by atoms with Crippen molar-refractivity contribution in [1.29, 1.82) is 0 Å². The molecule has 0 bridgehead atoms. The zero-order chi connectivity index (χ0) is 21.2. The van der Waals surface area contributed by atoms with Gasteiger partial charge in [-0.3, -0.25) is 4.79 Å². The van der Waals surface area contributed by atoms with Crippen molar-refractivity contribution in [2.75, 3.05) is 0 Å². The molecule has 0 N–H and O–H groups in total. The summed E-state index contributed by atoms with van der Waals surface area (Å²) in [4.78, 5) is 12.8. The van der Waals surface area contributed by atoms with E-state index < -0.39 is 0 Å². The van der Waals surface area contributed by atoms with Crippen LogP contribution in [-0.4, -0.2) is 5.97 Å². The van der Waals surface area contributed by atoms with E-state index in [1.807, 2.05) is 12.1 Å². The van der Waals surface area contributed by atoms with Gasteiger partial charge in [-0.1, -0.05) is 77.3 Å². The SMILES string of the molecule is CCCCCCCC1CCC2C[C@H](C(=O)Oc3ccc(CCCC)cc3)CC[C@@H]2C1. The minimum absolute atomic E-state index is 0.00723. The Morgan fingerprint density at radius 1 is 0.833 bits per heavy atom. The number of fused-ring (bicyclic) bond motifs is 1. The van der Waals surface area contributed by atoms with Gasteiger partial charge in [0.1, 0.15) is 5.75 Å². The Bertz CT molecular complexity index is 620. The van der Waals surface area contributed by atoms with E-state index in [1.54, 1.807) is 0 Å². The van der Waals surface area contributed by atoms with Crippen LogP contribution in [0, 0.1) is 23.7 Å². The van der Waals surface area contributed by atoms with E-state index in [-0.39, 0.29) is 11.9 Å². The predicted octanol–water partition coefficient (Wildman–Crippen LogP) is 8.13. The molecule has 1 aromatic rings. The summed E-state index contributed by atoms with van der Waals surface area (Å²) in [7, 11) is 0. The van der Waals surface area contributed by atoms with Crippen molar-refractivity contribution >= 4 is 5.97 Å². The highest BCUT2D eigenvalue weighted by Gasteiger charge is 2.38. The molecule has 2 aliphatic carbocycles. The molecule has 0 heterocycles. The van der Waals surface area contributed by atoms with Crippen LogP contribution in [0.5, 0.6) is 5.75 Å². The van der Waals surface area contributed by atoms with Crippen molar-refractivity contribution in [3.05, 3.63) is 29.8 Å². The number of esters is 1. The van der Waals surface area contributed by atoms with Crippen molar-refractivity contribution in [2.24, 2.45) is 23.7 Å². The first-order chi connectivity index (χ1) is 14.7. The number of carbonyl (C=O) groups is 1. The molecule has 3 rings (SSSR count). The number of rotatable bonds is 11. The van der Waals surface area contributed by atoms with Crippen LogP contribution in [0.2, 0.25) is 0 Å². The van der Waals surface area contributed by atoms with Crippen molar-refractivity contribution in [1.82, 2.24) is 0 Å². The number of carbonyl (C=O) groups excluding carboxylic acids is 1. The molecule has 1 aromatic carbocycles. The molecular formula is C28H44O2. The van der Waals surface area contributed by atoms with E-state index in [1.165, 1.54) is 82.6 Å². The number of hydrogen-bond donors (Lipinski definition) is 0. The van der Waals surface area contributed by atoms with Crippen molar-refractivity contribution in [3.8, 4) is 5.75 Å². The van der Waals surface area contributed by atoms with Gasteiger partial charge < -0.3 is 4.74 Å². The second-order valence-electron chi connectivity index (χ2n) is 10.1. The van der Waals surface area contributed by atoms with Crippen LogP contribution in [0.3, 0.4) is 0 Å². The number of unbranched alkanes of at least 4 members (excludes halogenated alkanes) is 5. The van der Waals surface area contributed by atoms with Crippen LogP contribution in [0.15, 0.2) is 24.3 Å². The Morgan fingerprint density at radius 3 is 2.30 bits per heavy atom. The molecule has 4 atom stereocenters. The zero-order valence-corrected chi connectivity index (χ0v) is 19.5. The molecule has 2 fully saturated rings. The fourth-order valence-electron chi connectivity index (χ4n) is 5.80. The maximum atomic E-state index is 12.8. The lowest BCUT2D eigenvalue weighted by Gasteiger charge is -2.41. The zero-order valence-electron chi connectivity index (χ0n) is 19.5. The largest absolute Gasteiger partial charge is 0.426 e. The van der Waals surface area contributed by atoms with Gasteiger partial charge in [0.05, 0.1) is 5.92 Å². The second kappa shape index (κ2) is 12.5. The normalized spacial score (nSPS) is 26.2. The lowest BCUT2D eigenvalue weighted by atomic mass is 9.64. The third-order valence-electron chi connectivity index (χ3n) is 7.73. The van der Waals surface area contributed by atoms with Gasteiger partial charge in [-0.25, -0.2) is 0 Å². The number of ether oxygens (including phenoxy) is 1. The van der Waals surface area contributed by atoms with Gasteiger partial charge in [0.15, 0.2) is 0 Å². The van der Waals surface area contributed by atoms with Gasteiger partial charge in [-0.2, -0.15) is 0 Å². The molecule has 2 aliphatic rings. The summed E-state index contributed by atoms with van der Waals surface area (Å²) in [5.41, 5.74) is 1.33. The van der Waals surface area contributed by atoms with Crippen molar-refractivity contribution in [2.45, 2.75) is 110 Å². The van der Waals surface area contributed by atoms with Gasteiger partial charge in [-0.05, 0) is 80.4 Å². The van der Waals surface area contributed by atoms with Crippen LogP contribution in [-0.2, 0) is 11.2 Å². The highest BCUT2D eigenvalue weighted by Crippen LogP contribution is 2.46. The van der Waals surface area contributed by atoms with E-state index in [4.69, 9.17) is 4.74 Å². The summed E-state index contributed by atoms with van der Waals surface area (Å²) in [5.74, 6) is 3.39. The van der Waals surface area contributed by atoms with Gasteiger partial charge >= 0.3 is 5.97 Å². The first kappa shape index (κ1) is 23.4. The molecule has 0 saturated heterocycles. The molecule has 30 heavy (non-hydrogen) atoms. The standard InChI is InChI=1S/C28H44O2/c1-3-5-7-8-9-11-23-12-15-25-21-26(17-16-24(25)20-23)28(29)30-27-18-13-22(14-19-27)10-6-4-2/h13-14,18-19,23-26H,3-12,15-17,20-21H2,1-2H3/t23?,24-,25?,26-/m1/s1. The third-order valence-corrected chi connectivity index (χ3v) is 7.73. The maximum absolute atomic E-state index is 12.8. The monoisotopic (exact) mass is 412 g/mol. The molecule has 2 saturated carbocycles. The second-order valence-corrected chi connectivity index (χ2v) is 10.1. The van der Waals surface area contributed by atoms with E-state index in [0.29, 0.717) is 5.75 Å². The maximum Gasteiger partial charge on any atom is 0.314 e. The van der Waals surface area contributed by atoms with Crippen LogP contribution >= 0.6 is 0 Å². The number of hydrogen-bond acceptors (Lipinski definition) is 2. The minimum Gasteiger partial charge on any atom is -0.426 e. The summed E-state index contributed by atoms with van der Waals surface area (Å²) >= 11 is 0. The van der Waals surface area contributed by atoms with Gasteiger partial charge in [-0.15, -0.1) is 0 Å².